The summed E-state index contributed by atoms with van der Waals surface area (Å²) in [5, 5.41) is 16.3. The van der Waals surface area contributed by atoms with Crippen LogP contribution in [-0.4, -0.2) is 46.0 Å². The molecule has 1 aromatic rings. The van der Waals surface area contributed by atoms with E-state index in [0.717, 1.165) is 18.5 Å². The highest BCUT2D eigenvalue weighted by Crippen LogP contribution is 2.41. The van der Waals surface area contributed by atoms with Crippen LogP contribution < -0.4 is 5.32 Å². The maximum absolute atomic E-state index is 12.5. The first kappa shape index (κ1) is 17.5. The molecule has 1 aliphatic carbocycles. The summed E-state index contributed by atoms with van der Waals surface area (Å²) in [4.78, 5) is 23.9. The minimum absolute atomic E-state index is 0.121. The first-order valence-electron chi connectivity index (χ1n) is 7.74. The summed E-state index contributed by atoms with van der Waals surface area (Å²) in [6.45, 7) is 7.38. The highest BCUT2D eigenvalue weighted by atomic mass is 16.5. The minimum atomic E-state index is -1.49. The fraction of sp³-hybridized carbons (Fsp3) is 0.688. The molecule has 128 valence electrons. The monoisotopic (exact) mass is 323 g/mol. The molecule has 0 bridgehead atoms. The molecule has 1 aliphatic rings. The van der Waals surface area contributed by atoms with Gasteiger partial charge in [0.25, 0.3) is 5.91 Å². The number of hydrogen-bond acceptors (Lipinski definition) is 4. The van der Waals surface area contributed by atoms with E-state index in [0.29, 0.717) is 5.92 Å². The van der Waals surface area contributed by atoms with Gasteiger partial charge in [-0.15, -0.1) is 0 Å². The van der Waals surface area contributed by atoms with Crippen molar-refractivity contribution in [2.24, 2.45) is 0 Å². The second kappa shape index (κ2) is 5.96. The molecule has 1 saturated carbocycles. The maximum Gasteiger partial charge on any atom is 0.331 e. The highest BCUT2D eigenvalue weighted by molar-refractivity contribution is 5.96. The van der Waals surface area contributed by atoms with Gasteiger partial charge in [0, 0.05) is 18.7 Å². The van der Waals surface area contributed by atoms with E-state index in [1.165, 1.54) is 14.0 Å². The van der Waals surface area contributed by atoms with Gasteiger partial charge in [-0.3, -0.25) is 9.48 Å². The fourth-order valence-electron chi connectivity index (χ4n) is 2.47. The van der Waals surface area contributed by atoms with Crippen LogP contribution in [0, 0.1) is 0 Å². The van der Waals surface area contributed by atoms with Crippen LogP contribution in [0.3, 0.4) is 0 Å². The van der Waals surface area contributed by atoms with Crippen molar-refractivity contribution in [3.05, 3.63) is 17.5 Å². The Labute approximate surface area is 136 Å². The smallest absolute Gasteiger partial charge is 0.331 e. The number of aliphatic carboxylic acids is 1. The normalized spacial score (nSPS) is 17.6. The molecule has 1 atom stereocenters. The van der Waals surface area contributed by atoms with Gasteiger partial charge >= 0.3 is 5.97 Å². The lowest BCUT2D eigenvalue weighted by Gasteiger charge is -2.25. The average Bonchev–Trinajstić information content (AvgIpc) is 3.15. The van der Waals surface area contributed by atoms with Crippen LogP contribution in [0.15, 0.2) is 6.07 Å². The Morgan fingerprint density at radius 1 is 1.39 bits per heavy atom. The molecule has 2 rings (SSSR count). The number of carboxylic acid groups (broad SMARTS) is 1. The van der Waals surface area contributed by atoms with Crippen molar-refractivity contribution in [1.82, 2.24) is 15.1 Å². The second-order valence-electron chi connectivity index (χ2n) is 7.34. The summed E-state index contributed by atoms with van der Waals surface area (Å²) < 4.78 is 6.78. The molecule has 7 heteroatoms. The summed E-state index contributed by atoms with van der Waals surface area (Å²) >= 11 is 0. The number of carbonyl (C=O) groups is 2. The molecule has 0 spiro atoms. The number of methoxy groups -OCH3 is 1. The number of carboxylic acids is 1. The zero-order valence-corrected chi connectivity index (χ0v) is 14.3. The van der Waals surface area contributed by atoms with Crippen molar-refractivity contribution >= 4 is 11.9 Å². The lowest BCUT2D eigenvalue weighted by molar-refractivity contribution is -0.145. The van der Waals surface area contributed by atoms with Crippen molar-refractivity contribution in [3.63, 3.8) is 0 Å². The summed E-state index contributed by atoms with van der Waals surface area (Å²) in [7, 11) is 1.40. The SMILES string of the molecule is COCC(C)(NC(=O)c1cc(C2CC2)n(C(C)(C)C)n1)C(=O)O. The van der Waals surface area contributed by atoms with Gasteiger partial charge in [0.15, 0.2) is 11.2 Å². The van der Waals surface area contributed by atoms with Gasteiger partial charge in [-0.1, -0.05) is 0 Å². The Morgan fingerprint density at radius 2 is 2.00 bits per heavy atom. The molecule has 1 amide bonds. The molecule has 1 fully saturated rings. The summed E-state index contributed by atoms with van der Waals surface area (Å²) in [5.41, 5.74) is -0.451. The Kier molecular flexibility index (Phi) is 4.52. The van der Waals surface area contributed by atoms with Gasteiger partial charge in [-0.2, -0.15) is 5.10 Å². The van der Waals surface area contributed by atoms with E-state index in [1.54, 1.807) is 6.07 Å². The van der Waals surface area contributed by atoms with Gasteiger partial charge in [0.2, 0.25) is 0 Å². The Balaban J connectivity index is 2.28. The minimum Gasteiger partial charge on any atom is -0.479 e. The van der Waals surface area contributed by atoms with Crippen molar-refractivity contribution in [2.75, 3.05) is 13.7 Å². The zero-order chi connectivity index (χ0) is 17.4. The molecular weight excluding hydrogens is 298 g/mol. The van der Waals surface area contributed by atoms with Gasteiger partial charge in [0.05, 0.1) is 12.1 Å². The van der Waals surface area contributed by atoms with Crippen LogP contribution in [0.5, 0.6) is 0 Å². The topological polar surface area (TPSA) is 93.5 Å². The van der Waals surface area contributed by atoms with Crippen LogP contribution >= 0.6 is 0 Å². The second-order valence-corrected chi connectivity index (χ2v) is 7.34. The van der Waals surface area contributed by atoms with Crippen molar-refractivity contribution in [3.8, 4) is 0 Å². The molecule has 0 aromatic carbocycles. The predicted molar refractivity (Wildman–Crippen MR) is 84.6 cm³/mol. The third-order valence-electron chi connectivity index (χ3n) is 3.90. The highest BCUT2D eigenvalue weighted by Gasteiger charge is 2.37. The third kappa shape index (κ3) is 3.72. The van der Waals surface area contributed by atoms with Crippen LogP contribution in [0.1, 0.15) is 62.6 Å². The van der Waals surface area contributed by atoms with Gasteiger partial charge < -0.3 is 15.2 Å². The molecular formula is C16H25N3O4. The van der Waals surface area contributed by atoms with E-state index in [2.05, 4.69) is 10.4 Å². The Hall–Kier alpha value is -1.89. The van der Waals surface area contributed by atoms with Crippen molar-refractivity contribution < 1.29 is 19.4 Å². The van der Waals surface area contributed by atoms with E-state index in [-0.39, 0.29) is 17.8 Å². The van der Waals surface area contributed by atoms with E-state index in [1.807, 2.05) is 25.5 Å². The van der Waals surface area contributed by atoms with Gasteiger partial charge in [-0.25, -0.2) is 4.79 Å². The van der Waals surface area contributed by atoms with E-state index in [4.69, 9.17) is 4.74 Å². The maximum atomic E-state index is 12.5. The van der Waals surface area contributed by atoms with Gasteiger partial charge in [0.1, 0.15) is 0 Å². The van der Waals surface area contributed by atoms with Crippen LogP contribution in [0.25, 0.3) is 0 Å². The first-order chi connectivity index (χ1) is 10.6. The molecule has 0 saturated heterocycles. The lowest BCUT2D eigenvalue weighted by Crippen LogP contribution is -2.55. The largest absolute Gasteiger partial charge is 0.479 e. The molecule has 23 heavy (non-hydrogen) atoms. The number of nitrogens with zero attached hydrogens (tertiary/aromatic N) is 2. The van der Waals surface area contributed by atoms with Crippen molar-refractivity contribution in [1.29, 1.82) is 0 Å². The molecule has 1 heterocycles. The quantitative estimate of drug-likeness (QED) is 0.831. The molecule has 1 aromatic heterocycles. The van der Waals surface area contributed by atoms with Crippen LogP contribution in [-0.2, 0) is 15.1 Å². The molecule has 2 N–H and O–H groups in total. The summed E-state index contributed by atoms with van der Waals surface area (Å²) in [6, 6.07) is 1.77. The first-order valence-corrected chi connectivity index (χ1v) is 7.74. The Morgan fingerprint density at radius 3 is 2.43 bits per heavy atom. The number of aromatic nitrogens is 2. The zero-order valence-electron chi connectivity index (χ0n) is 14.3. The third-order valence-corrected chi connectivity index (χ3v) is 3.90. The molecule has 0 aliphatic heterocycles. The average molecular weight is 323 g/mol. The number of carbonyl (C=O) groups excluding carboxylic acids is 1. The summed E-state index contributed by atoms with van der Waals surface area (Å²) in [6.07, 6.45) is 2.19. The molecule has 0 radical (unpaired) electrons. The number of rotatable bonds is 6. The number of amides is 1. The van der Waals surface area contributed by atoms with E-state index in [9.17, 15) is 14.7 Å². The van der Waals surface area contributed by atoms with E-state index < -0.39 is 17.4 Å². The van der Waals surface area contributed by atoms with Crippen LogP contribution in [0.2, 0.25) is 0 Å². The Bertz CT molecular complexity index is 613. The summed E-state index contributed by atoms with van der Waals surface area (Å²) in [5.74, 6) is -1.21. The van der Waals surface area contributed by atoms with E-state index >= 15 is 0 Å². The molecule has 7 nitrogen and oxygen atoms in total. The number of ether oxygens (including phenoxy) is 1. The molecule has 1 unspecified atom stereocenters. The van der Waals surface area contributed by atoms with Crippen molar-refractivity contribution in [2.45, 2.75) is 57.5 Å². The standard InChI is InChI=1S/C16H25N3O4/c1-15(2,3)19-12(10-6-7-10)8-11(18-19)13(20)17-16(4,9-23-5)14(21)22/h8,10H,6-7,9H2,1-5H3,(H,17,20)(H,21,22). The van der Waals surface area contributed by atoms with Crippen LogP contribution in [0.4, 0.5) is 0 Å². The van der Waals surface area contributed by atoms with Gasteiger partial charge in [-0.05, 0) is 46.6 Å². The number of nitrogens with one attached hydrogen (secondary N) is 1. The lowest BCUT2D eigenvalue weighted by atomic mass is 10.0. The predicted octanol–water partition coefficient (Wildman–Crippen LogP) is 1.74. The number of hydrogen-bond donors (Lipinski definition) is 2. The fourth-order valence-corrected chi connectivity index (χ4v) is 2.47.